The van der Waals surface area contributed by atoms with Crippen molar-refractivity contribution in [1.82, 2.24) is 4.31 Å². The quantitative estimate of drug-likeness (QED) is 0.615. The number of esters is 1. The van der Waals surface area contributed by atoms with Crippen LogP contribution in [0.5, 0.6) is 0 Å². The van der Waals surface area contributed by atoms with Crippen molar-refractivity contribution in [2.24, 2.45) is 0 Å². The number of anilines is 1. The fourth-order valence-electron chi connectivity index (χ4n) is 4.24. The van der Waals surface area contributed by atoms with Crippen LogP contribution in [0.1, 0.15) is 63.3 Å². The summed E-state index contributed by atoms with van der Waals surface area (Å²) in [5.41, 5.74) is 1.36. The summed E-state index contributed by atoms with van der Waals surface area (Å²) in [4.78, 5) is 26.7. The van der Waals surface area contributed by atoms with Crippen LogP contribution >= 0.6 is 22.9 Å². The highest BCUT2D eigenvalue weighted by atomic mass is 35.5. The first-order chi connectivity index (χ1) is 15.3. The second kappa shape index (κ2) is 9.51. The summed E-state index contributed by atoms with van der Waals surface area (Å²) in [5, 5.41) is 3.34. The summed E-state index contributed by atoms with van der Waals surface area (Å²) in [7, 11) is -2.40. The molecule has 4 rings (SSSR count). The number of hydrogen-bond acceptors (Lipinski definition) is 6. The van der Waals surface area contributed by atoms with Crippen molar-refractivity contribution < 1.29 is 22.7 Å². The number of fused-ring (bicyclic) bond motifs is 1. The van der Waals surface area contributed by atoms with E-state index >= 15 is 0 Å². The highest BCUT2D eigenvalue weighted by molar-refractivity contribution is 7.89. The monoisotopic (exact) mass is 496 g/mol. The van der Waals surface area contributed by atoms with Gasteiger partial charge in [-0.3, -0.25) is 4.79 Å². The number of hydrogen-bond donors (Lipinski definition) is 1. The van der Waals surface area contributed by atoms with Gasteiger partial charge in [0.15, 0.2) is 0 Å². The van der Waals surface area contributed by atoms with Crippen molar-refractivity contribution in [3.05, 3.63) is 44.8 Å². The maximum Gasteiger partial charge on any atom is 0.341 e. The summed E-state index contributed by atoms with van der Waals surface area (Å²) < 4.78 is 32.5. The van der Waals surface area contributed by atoms with E-state index in [4.69, 9.17) is 16.3 Å². The fourth-order valence-corrected chi connectivity index (χ4v) is 7.26. The Morgan fingerprint density at radius 2 is 1.81 bits per heavy atom. The molecule has 2 heterocycles. The Balaban J connectivity index is 1.65. The number of piperidine rings is 1. The number of nitrogens with one attached hydrogen (secondary N) is 1. The topological polar surface area (TPSA) is 92.8 Å². The number of aryl methyl sites for hydroxylation is 1. The molecule has 0 spiro atoms. The maximum absolute atomic E-state index is 13.1. The van der Waals surface area contributed by atoms with Crippen LogP contribution in [0.15, 0.2) is 23.1 Å². The van der Waals surface area contributed by atoms with Gasteiger partial charge in [-0.25, -0.2) is 13.2 Å². The lowest BCUT2D eigenvalue weighted by Gasteiger charge is -2.26. The molecule has 1 aliphatic heterocycles. The van der Waals surface area contributed by atoms with Crippen LogP contribution in [0.4, 0.5) is 5.00 Å². The molecule has 10 heteroatoms. The molecule has 0 bridgehead atoms. The van der Waals surface area contributed by atoms with Gasteiger partial charge in [0.05, 0.1) is 28.2 Å². The number of methoxy groups -OCH3 is 1. The Labute approximate surface area is 196 Å². The normalized spacial score (nSPS) is 16.9. The van der Waals surface area contributed by atoms with E-state index in [2.05, 4.69) is 5.32 Å². The Bertz CT molecular complexity index is 1150. The molecule has 1 aliphatic carbocycles. The molecule has 0 atom stereocenters. The lowest BCUT2D eigenvalue weighted by Crippen LogP contribution is -2.35. The standard InChI is InChI=1S/C22H25ClN2O5S2/c1-30-22(27)19-15-7-3-4-8-18(15)31-21(19)24-20(26)16-13-14(9-10-17(16)23)32(28,29)25-11-5-2-6-12-25/h9-10,13H,2-8,11-12H2,1H3,(H,24,26). The first-order valence-corrected chi connectivity index (χ1v) is 13.3. The first kappa shape index (κ1) is 23.2. The minimum Gasteiger partial charge on any atom is -0.465 e. The molecule has 7 nitrogen and oxygen atoms in total. The van der Waals surface area contributed by atoms with Crippen molar-refractivity contribution in [1.29, 1.82) is 0 Å². The van der Waals surface area contributed by atoms with E-state index in [-0.39, 0.29) is 15.5 Å². The summed E-state index contributed by atoms with van der Waals surface area (Å²) in [6.07, 6.45) is 6.26. The summed E-state index contributed by atoms with van der Waals surface area (Å²) >= 11 is 7.63. The zero-order valence-electron chi connectivity index (χ0n) is 17.8. The molecular weight excluding hydrogens is 472 g/mol. The van der Waals surface area contributed by atoms with Crippen LogP contribution in [-0.4, -0.2) is 44.8 Å². The van der Waals surface area contributed by atoms with Gasteiger partial charge in [0.25, 0.3) is 5.91 Å². The average molecular weight is 497 g/mol. The fraction of sp³-hybridized carbons (Fsp3) is 0.455. The number of thiophene rings is 1. The molecule has 1 fully saturated rings. The van der Waals surface area contributed by atoms with Crippen LogP contribution in [0.3, 0.4) is 0 Å². The first-order valence-electron chi connectivity index (χ1n) is 10.7. The van der Waals surface area contributed by atoms with Crippen LogP contribution in [0.2, 0.25) is 5.02 Å². The Kier molecular flexibility index (Phi) is 6.90. The third-order valence-electron chi connectivity index (χ3n) is 5.92. The van der Waals surface area contributed by atoms with Gasteiger partial charge in [0.2, 0.25) is 10.0 Å². The predicted molar refractivity (Wildman–Crippen MR) is 124 cm³/mol. The summed E-state index contributed by atoms with van der Waals surface area (Å²) in [5.74, 6) is -1.05. The average Bonchev–Trinajstić information content (AvgIpc) is 3.17. The molecule has 0 saturated carbocycles. The minimum absolute atomic E-state index is 0.0348. The van der Waals surface area contributed by atoms with Gasteiger partial charge in [0, 0.05) is 18.0 Å². The SMILES string of the molecule is COC(=O)c1c(NC(=O)c2cc(S(=O)(=O)N3CCCCC3)ccc2Cl)sc2c1CCCC2. The third kappa shape index (κ3) is 4.44. The van der Waals surface area contributed by atoms with Gasteiger partial charge in [-0.15, -0.1) is 11.3 Å². The molecule has 1 aromatic carbocycles. The van der Waals surface area contributed by atoms with E-state index in [9.17, 15) is 18.0 Å². The van der Waals surface area contributed by atoms with Gasteiger partial charge in [0.1, 0.15) is 5.00 Å². The lowest BCUT2D eigenvalue weighted by atomic mass is 9.95. The molecule has 1 amide bonds. The van der Waals surface area contributed by atoms with E-state index in [1.807, 2.05) is 0 Å². The number of halogens is 1. The second-order valence-corrected chi connectivity index (χ2v) is 11.4. The van der Waals surface area contributed by atoms with Crippen LogP contribution in [0, 0.1) is 0 Å². The highest BCUT2D eigenvalue weighted by Crippen LogP contribution is 2.39. The zero-order valence-corrected chi connectivity index (χ0v) is 20.2. The van der Waals surface area contributed by atoms with Crippen molar-refractivity contribution in [2.45, 2.75) is 49.8 Å². The molecule has 1 aromatic heterocycles. The van der Waals surface area contributed by atoms with Gasteiger partial charge in [-0.05, 0) is 62.3 Å². The van der Waals surface area contributed by atoms with Crippen LogP contribution < -0.4 is 5.32 Å². The zero-order chi connectivity index (χ0) is 22.9. The minimum atomic E-state index is -3.71. The van der Waals surface area contributed by atoms with E-state index in [1.54, 1.807) is 0 Å². The summed E-state index contributed by atoms with van der Waals surface area (Å²) in [6.45, 7) is 0.936. The molecular formula is C22H25ClN2O5S2. The molecule has 1 N–H and O–H groups in total. The van der Waals surface area contributed by atoms with Gasteiger partial charge < -0.3 is 10.1 Å². The van der Waals surface area contributed by atoms with Crippen molar-refractivity contribution >= 4 is 49.8 Å². The Morgan fingerprint density at radius 3 is 2.53 bits per heavy atom. The van der Waals surface area contributed by atoms with Crippen molar-refractivity contribution in [3.63, 3.8) is 0 Å². The predicted octanol–water partition coefficient (Wildman–Crippen LogP) is 4.49. The van der Waals surface area contributed by atoms with Crippen molar-refractivity contribution in [2.75, 3.05) is 25.5 Å². The molecule has 0 unspecified atom stereocenters. The molecule has 172 valence electrons. The number of carbonyl (C=O) groups is 2. The largest absolute Gasteiger partial charge is 0.465 e. The number of benzene rings is 1. The maximum atomic E-state index is 13.1. The Hall–Kier alpha value is -1.94. The highest BCUT2D eigenvalue weighted by Gasteiger charge is 2.29. The molecule has 2 aliphatic rings. The number of carbonyl (C=O) groups excluding carboxylic acids is 2. The van der Waals surface area contributed by atoms with Gasteiger partial charge in [-0.2, -0.15) is 4.31 Å². The third-order valence-corrected chi connectivity index (χ3v) is 9.35. The van der Waals surface area contributed by atoms with Crippen LogP contribution in [-0.2, 0) is 27.6 Å². The number of sulfonamides is 1. The van der Waals surface area contributed by atoms with Crippen LogP contribution in [0.25, 0.3) is 0 Å². The van der Waals surface area contributed by atoms with E-state index in [0.717, 1.165) is 55.4 Å². The molecule has 1 saturated heterocycles. The van der Waals surface area contributed by atoms with Crippen molar-refractivity contribution in [3.8, 4) is 0 Å². The number of nitrogens with zero attached hydrogens (tertiary/aromatic N) is 1. The number of ether oxygens (including phenoxy) is 1. The number of rotatable bonds is 5. The number of amides is 1. The molecule has 2 aromatic rings. The second-order valence-electron chi connectivity index (χ2n) is 7.97. The van der Waals surface area contributed by atoms with Gasteiger partial charge in [-0.1, -0.05) is 18.0 Å². The summed E-state index contributed by atoms with van der Waals surface area (Å²) in [6, 6.07) is 4.16. The molecule has 0 radical (unpaired) electrons. The molecule has 32 heavy (non-hydrogen) atoms. The smallest absolute Gasteiger partial charge is 0.341 e. The van der Waals surface area contributed by atoms with E-state index < -0.39 is 21.9 Å². The van der Waals surface area contributed by atoms with E-state index in [0.29, 0.717) is 23.7 Å². The lowest BCUT2D eigenvalue weighted by molar-refractivity contribution is 0.0601. The van der Waals surface area contributed by atoms with Gasteiger partial charge >= 0.3 is 5.97 Å². The Morgan fingerprint density at radius 1 is 1.09 bits per heavy atom. The van der Waals surface area contributed by atoms with E-state index in [1.165, 1.54) is 41.0 Å².